The van der Waals surface area contributed by atoms with Crippen molar-refractivity contribution in [3.8, 4) is 5.82 Å². The lowest BCUT2D eigenvalue weighted by molar-refractivity contribution is -0.143. The van der Waals surface area contributed by atoms with Crippen LogP contribution >= 0.6 is 0 Å². The Morgan fingerprint density at radius 2 is 1.55 bits per heavy atom. The lowest BCUT2D eigenvalue weighted by atomic mass is 10.0. The number of nitrogens with zero attached hydrogens (tertiary/aromatic N) is 6. The third kappa shape index (κ3) is 7.34. The molecule has 2 heterocycles. The largest absolute Gasteiger partial charge is 0.416 e. The number of carbonyl (C=O) groups excluding carboxylic acids is 2. The van der Waals surface area contributed by atoms with Crippen LogP contribution in [0.25, 0.3) is 5.82 Å². The number of benzene rings is 1. The van der Waals surface area contributed by atoms with Crippen molar-refractivity contribution in [2.45, 2.75) is 32.2 Å². The number of pyridine rings is 1. The van der Waals surface area contributed by atoms with Crippen LogP contribution in [0.3, 0.4) is 0 Å². The molecule has 3 aromatic rings. The van der Waals surface area contributed by atoms with Crippen LogP contribution in [0.15, 0.2) is 36.5 Å². The summed E-state index contributed by atoms with van der Waals surface area (Å²) in [5, 5.41) is 6.60. The average Bonchev–Trinajstić information content (AvgIpc) is 3.27. The van der Waals surface area contributed by atoms with Crippen molar-refractivity contribution in [1.29, 1.82) is 0 Å². The van der Waals surface area contributed by atoms with Gasteiger partial charge in [0.15, 0.2) is 11.6 Å². The molecule has 0 saturated carbocycles. The Morgan fingerprint density at radius 3 is 2.05 bits per heavy atom. The van der Waals surface area contributed by atoms with Gasteiger partial charge in [0, 0.05) is 31.9 Å². The van der Waals surface area contributed by atoms with Gasteiger partial charge >= 0.3 is 12.4 Å². The molecule has 3 rings (SSSR count). The molecule has 9 nitrogen and oxygen atoms in total. The number of hydrogen-bond donors (Lipinski definition) is 1. The first-order valence-corrected chi connectivity index (χ1v) is 11.9. The van der Waals surface area contributed by atoms with Crippen LogP contribution in [0.5, 0.6) is 0 Å². The van der Waals surface area contributed by atoms with E-state index in [4.69, 9.17) is 0 Å². The second kappa shape index (κ2) is 11.6. The Bertz CT molecular complexity index is 1340. The van der Waals surface area contributed by atoms with Crippen molar-refractivity contribution in [3.63, 3.8) is 0 Å². The van der Waals surface area contributed by atoms with E-state index in [-0.39, 0.29) is 29.4 Å². The van der Waals surface area contributed by atoms with Crippen LogP contribution in [-0.4, -0.2) is 75.6 Å². The maximum absolute atomic E-state index is 13.2. The van der Waals surface area contributed by atoms with Gasteiger partial charge < -0.3 is 15.1 Å². The van der Waals surface area contributed by atoms with E-state index >= 15 is 0 Å². The summed E-state index contributed by atoms with van der Waals surface area (Å²) in [6, 6.07) is 2.67. The summed E-state index contributed by atoms with van der Waals surface area (Å²) < 4.78 is 80.5. The molecule has 0 spiro atoms. The van der Waals surface area contributed by atoms with Gasteiger partial charge in [-0.2, -0.15) is 31.0 Å². The van der Waals surface area contributed by atoms with Crippen molar-refractivity contribution >= 4 is 11.8 Å². The molecule has 1 aromatic carbocycles. The van der Waals surface area contributed by atoms with E-state index in [0.29, 0.717) is 30.8 Å². The Balaban J connectivity index is 1.85. The van der Waals surface area contributed by atoms with E-state index in [1.807, 2.05) is 19.0 Å². The predicted molar refractivity (Wildman–Crippen MR) is 132 cm³/mol. The minimum atomic E-state index is -5.10. The third-order valence-corrected chi connectivity index (χ3v) is 5.76. The first-order chi connectivity index (χ1) is 18.5. The van der Waals surface area contributed by atoms with Gasteiger partial charge in [0.25, 0.3) is 11.8 Å². The lowest BCUT2D eigenvalue weighted by Gasteiger charge is -2.19. The topological polar surface area (TPSA) is 96.2 Å². The van der Waals surface area contributed by atoms with Crippen LogP contribution in [0, 0.1) is 6.92 Å². The first kappa shape index (κ1) is 30.5. The first-order valence-electron chi connectivity index (χ1n) is 11.9. The minimum Gasteiger partial charge on any atom is -0.342 e. The summed E-state index contributed by atoms with van der Waals surface area (Å²) in [5.74, 6) is -0.826. The average molecular weight is 572 g/mol. The van der Waals surface area contributed by atoms with Gasteiger partial charge in [0.2, 0.25) is 0 Å². The van der Waals surface area contributed by atoms with Gasteiger partial charge in [-0.15, -0.1) is 5.10 Å². The zero-order chi connectivity index (χ0) is 30.0. The molecule has 1 atom stereocenters. The highest BCUT2D eigenvalue weighted by molar-refractivity contribution is 5.95. The highest BCUT2D eigenvalue weighted by Gasteiger charge is 2.37. The van der Waals surface area contributed by atoms with Crippen molar-refractivity contribution in [3.05, 3.63) is 70.4 Å². The summed E-state index contributed by atoms with van der Waals surface area (Å²) in [6.07, 6.45) is -8.85. The van der Waals surface area contributed by atoms with Gasteiger partial charge in [-0.1, -0.05) is 0 Å². The molecule has 216 valence electrons. The Morgan fingerprint density at radius 1 is 0.950 bits per heavy atom. The molecular weight excluding hydrogens is 544 g/mol. The number of carbonyl (C=O) groups is 2. The molecule has 2 aromatic heterocycles. The van der Waals surface area contributed by atoms with E-state index in [1.54, 1.807) is 14.0 Å². The maximum Gasteiger partial charge on any atom is 0.416 e. The quantitative estimate of drug-likeness (QED) is 0.409. The second-order valence-corrected chi connectivity index (χ2v) is 9.35. The maximum atomic E-state index is 13.2. The molecule has 0 saturated heterocycles. The molecule has 0 bridgehead atoms. The predicted octanol–water partition coefficient (Wildman–Crippen LogP) is 4.13. The Labute approximate surface area is 225 Å². The molecule has 0 unspecified atom stereocenters. The number of halogens is 6. The minimum absolute atomic E-state index is 0.0553. The summed E-state index contributed by atoms with van der Waals surface area (Å²) in [6.45, 7) is 4.15. The van der Waals surface area contributed by atoms with E-state index in [0.717, 1.165) is 0 Å². The Hall–Kier alpha value is -4.01. The van der Waals surface area contributed by atoms with Crippen LogP contribution in [0.4, 0.5) is 26.3 Å². The number of aryl methyl sites for hydroxylation is 1. The van der Waals surface area contributed by atoms with Crippen molar-refractivity contribution in [2.75, 3.05) is 34.2 Å². The number of likely N-dealkylation sites (N-methyl/N-ethyl adjacent to an activating group) is 2. The summed E-state index contributed by atoms with van der Waals surface area (Å²) in [5.41, 5.74) is -3.72. The van der Waals surface area contributed by atoms with Crippen molar-refractivity contribution in [1.82, 2.24) is 34.9 Å². The van der Waals surface area contributed by atoms with E-state index in [1.165, 1.54) is 34.8 Å². The second-order valence-electron chi connectivity index (χ2n) is 9.35. The number of hydrogen-bond acceptors (Lipinski definition) is 6. The third-order valence-electron chi connectivity index (χ3n) is 5.76. The van der Waals surface area contributed by atoms with Crippen LogP contribution in [-0.2, 0) is 12.4 Å². The van der Waals surface area contributed by atoms with Gasteiger partial charge in [-0.25, -0.2) is 9.97 Å². The van der Waals surface area contributed by atoms with Gasteiger partial charge in [-0.3, -0.25) is 9.59 Å². The van der Waals surface area contributed by atoms with Crippen molar-refractivity contribution < 1.29 is 35.9 Å². The normalized spacial score (nSPS) is 12.9. The van der Waals surface area contributed by atoms with Crippen LogP contribution in [0.2, 0.25) is 0 Å². The molecule has 0 aliphatic rings. The summed E-state index contributed by atoms with van der Waals surface area (Å²) in [7, 11) is 5.43. The molecule has 1 N–H and O–H groups in total. The van der Waals surface area contributed by atoms with Crippen molar-refractivity contribution in [2.24, 2.45) is 0 Å². The molecule has 40 heavy (non-hydrogen) atoms. The number of nitrogens with one attached hydrogen (secondary N) is 1. The number of alkyl halides is 6. The van der Waals surface area contributed by atoms with Crippen LogP contribution in [0.1, 0.15) is 56.5 Å². The summed E-state index contributed by atoms with van der Waals surface area (Å²) >= 11 is 0. The highest BCUT2D eigenvalue weighted by Crippen LogP contribution is 2.36. The molecule has 0 aliphatic heterocycles. The zero-order valence-corrected chi connectivity index (χ0v) is 22.2. The Kier molecular flexibility index (Phi) is 8.87. The van der Waals surface area contributed by atoms with Gasteiger partial charge in [-0.05, 0) is 58.3 Å². The van der Waals surface area contributed by atoms with E-state index in [2.05, 4.69) is 20.4 Å². The fraction of sp³-hybridized carbons (Fsp3) is 0.400. The molecular formula is C25H27F6N7O2. The highest BCUT2D eigenvalue weighted by atomic mass is 19.4. The number of aromatic nitrogens is 4. The van der Waals surface area contributed by atoms with Crippen LogP contribution < -0.4 is 5.32 Å². The molecule has 0 aliphatic carbocycles. The van der Waals surface area contributed by atoms with E-state index in [9.17, 15) is 35.9 Å². The standard InChI is InChI=1S/C25H27F6N7O2/c1-14(33-22(39)17-10-18(24(26,27)28)12-19(11-17)25(29,30)31)21-34-15(2)35-38(21)20-7-6-16(13-32-20)23(40)37(5)9-8-36(3)4/h6-7,10-14H,8-9H2,1-5H3,(H,33,39)/t14-/m0/s1. The van der Waals surface area contributed by atoms with Gasteiger partial charge in [0.05, 0.1) is 22.7 Å². The molecule has 0 fully saturated rings. The molecule has 2 amide bonds. The monoisotopic (exact) mass is 571 g/mol. The summed E-state index contributed by atoms with van der Waals surface area (Å²) in [4.78, 5) is 37.4. The smallest absolute Gasteiger partial charge is 0.342 e. The fourth-order valence-electron chi connectivity index (χ4n) is 3.62. The van der Waals surface area contributed by atoms with E-state index < -0.39 is 41.0 Å². The lowest BCUT2D eigenvalue weighted by Crippen LogP contribution is -2.33. The zero-order valence-electron chi connectivity index (χ0n) is 22.2. The molecule has 0 radical (unpaired) electrons. The SMILES string of the molecule is Cc1nc([C@H](C)NC(=O)c2cc(C(F)(F)F)cc(C(F)(F)F)c2)n(-c2ccc(C(=O)N(C)CCN(C)C)cn2)n1. The number of amides is 2. The van der Waals surface area contributed by atoms with Gasteiger partial charge in [0.1, 0.15) is 5.82 Å². The molecule has 15 heteroatoms. The number of rotatable bonds is 8. The fourth-order valence-corrected chi connectivity index (χ4v) is 3.62.